The predicted molar refractivity (Wildman–Crippen MR) is 62.1 cm³/mol. The zero-order valence-corrected chi connectivity index (χ0v) is 10.5. The van der Waals surface area contributed by atoms with Crippen LogP contribution >= 0.6 is 0 Å². The summed E-state index contributed by atoms with van der Waals surface area (Å²) in [6.07, 6.45) is -9.37. The first-order valence-electron chi connectivity index (χ1n) is 5.82. The number of esters is 1. The molecule has 0 spiro atoms. The first kappa shape index (κ1) is 17.0. The minimum atomic E-state index is -1.73. The lowest BCUT2D eigenvalue weighted by Gasteiger charge is -2.37. The molecule has 0 aromatic carbocycles. The SMILES string of the molecule is C=C(C(=O)OC[C@H]1OC(O)[C@H](O)[C@@H](O)[C@@H]1O)[C@H](O)CO. The van der Waals surface area contributed by atoms with E-state index in [-0.39, 0.29) is 5.57 Å². The Morgan fingerprint density at radius 2 is 1.80 bits per heavy atom. The van der Waals surface area contributed by atoms with Crippen molar-refractivity contribution < 1.29 is 44.9 Å². The van der Waals surface area contributed by atoms with E-state index in [0.717, 1.165) is 0 Å². The molecule has 0 aromatic rings. The van der Waals surface area contributed by atoms with Gasteiger partial charge >= 0.3 is 5.97 Å². The molecule has 1 rings (SSSR count). The van der Waals surface area contributed by atoms with Crippen LogP contribution in [-0.4, -0.2) is 86.6 Å². The van der Waals surface area contributed by atoms with Gasteiger partial charge in [0.1, 0.15) is 37.1 Å². The molecule has 0 radical (unpaired) electrons. The second kappa shape index (κ2) is 7.09. The average Bonchev–Trinajstić information content (AvgIpc) is 2.45. The number of carbonyl (C=O) groups excluding carboxylic acids is 1. The van der Waals surface area contributed by atoms with E-state index < -0.39 is 56.0 Å². The zero-order valence-electron chi connectivity index (χ0n) is 10.5. The van der Waals surface area contributed by atoms with Crippen LogP contribution in [0.4, 0.5) is 0 Å². The fourth-order valence-corrected chi connectivity index (χ4v) is 1.57. The Labute approximate surface area is 114 Å². The van der Waals surface area contributed by atoms with E-state index >= 15 is 0 Å². The van der Waals surface area contributed by atoms with Gasteiger partial charge in [0, 0.05) is 0 Å². The highest BCUT2D eigenvalue weighted by Gasteiger charge is 2.43. The molecule has 6 atom stereocenters. The molecule has 9 heteroatoms. The molecule has 1 saturated heterocycles. The number of aliphatic hydroxyl groups is 6. The van der Waals surface area contributed by atoms with Crippen LogP contribution in [0, 0.1) is 0 Å². The molecule has 0 aliphatic carbocycles. The normalized spacial score (nSPS) is 35.4. The molecule has 1 aliphatic heterocycles. The Balaban J connectivity index is 2.53. The Hall–Kier alpha value is -1.07. The van der Waals surface area contributed by atoms with Gasteiger partial charge in [0.25, 0.3) is 0 Å². The van der Waals surface area contributed by atoms with Gasteiger partial charge in [0.2, 0.25) is 0 Å². The highest BCUT2D eigenvalue weighted by atomic mass is 16.6. The second-order valence-electron chi connectivity index (χ2n) is 4.36. The Bertz CT molecular complexity index is 358. The van der Waals surface area contributed by atoms with Crippen LogP contribution in [0.15, 0.2) is 12.2 Å². The fraction of sp³-hybridized carbons (Fsp3) is 0.727. The van der Waals surface area contributed by atoms with Gasteiger partial charge < -0.3 is 40.1 Å². The van der Waals surface area contributed by atoms with Crippen molar-refractivity contribution in [3.63, 3.8) is 0 Å². The van der Waals surface area contributed by atoms with Crippen LogP contribution in [0.2, 0.25) is 0 Å². The molecular weight excluding hydrogens is 276 g/mol. The molecule has 1 aliphatic rings. The van der Waals surface area contributed by atoms with Crippen molar-refractivity contribution in [2.24, 2.45) is 0 Å². The Morgan fingerprint density at radius 3 is 2.35 bits per heavy atom. The van der Waals surface area contributed by atoms with Crippen LogP contribution < -0.4 is 0 Å². The molecule has 116 valence electrons. The first-order chi connectivity index (χ1) is 9.29. The van der Waals surface area contributed by atoms with Crippen molar-refractivity contribution in [1.29, 1.82) is 0 Å². The summed E-state index contributed by atoms with van der Waals surface area (Å²) in [6.45, 7) is 1.97. The van der Waals surface area contributed by atoms with Crippen LogP contribution in [-0.2, 0) is 14.3 Å². The third-order valence-corrected chi connectivity index (χ3v) is 2.90. The van der Waals surface area contributed by atoms with Crippen molar-refractivity contribution >= 4 is 5.97 Å². The number of hydrogen-bond acceptors (Lipinski definition) is 9. The number of rotatable bonds is 5. The molecular formula is C11H18O9. The summed E-state index contributed by atoms with van der Waals surface area (Å²) in [5, 5.41) is 55.3. The number of hydrogen-bond donors (Lipinski definition) is 6. The highest BCUT2D eigenvalue weighted by Crippen LogP contribution is 2.20. The van der Waals surface area contributed by atoms with E-state index in [1.54, 1.807) is 0 Å². The lowest BCUT2D eigenvalue weighted by molar-refractivity contribution is -0.287. The van der Waals surface area contributed by atoms with Gasteiger partial charge in [-0.1, -0.05) is 6.58 Å². The minimum absolute atomic E-state index is 0.390. The van der Waals surface area contributed by atoms with Crippen molar-refractivity contribution in [2.45, 2.75) is 36.8 Å². The quantitative estimate of drug-likeness (QED) is 0.221. The Kier molecular flexibility index (Phi) is 6.02. The van der Waals surface area contributed by atoms with Crippen molar-refractivity contribution in [3.8, 4) is 0 Å². The van der Waals surface area contributed by atoms with E-state index in [9.17, 15) is 25.2 Å². The maximum atomic E-state index is 11.4. The van der Waals surface area contributed by atoms with Crippen LogP contribution in [0.1, 0.15) is 0 Å². The summed E-state index contributed by atoms with van der Waals surface area (Å²) in [5.74, 6) is -1.03. The predicted octanol–water partition coefficient (Wildman–Crippen LogP) is -3.76. The van der Waals surface area contributed by atoms with Crippen molar-refractivity contribution in [2.75, 3.05) is 13.2 Å². The van der Waals surface area contributed by atoms with Gasteiger partial charge in [-0.25, -0.2) is 4.79 Å². The van der Waals surface area contributed by atoms with Gasteiger partial charge in [-0.05, 0) is 0 Å². The summed E-state index contributed by atoms with van der Waals surface area (Å²) in [6, 6.07) is 0. The van der Waals surface area contributed by atoms with Crippen LogP contribution in [0.25, 0.3) is 0 Å². The van der Waals surface area contributed by atoms with Gasteiger partial charge in [0.05, 0.1) is 12.2 Å². The van der Waals surface area contributed by atoms with Crippen molar-refractivity contribution in [1.82, 2.24) is 0 Å². The highest BCUT2D eigenvalue weighted by molar-refractivity contribution is 5.88. The first-order valence-corrected chi connectivity index (χ1v) is 5.82. The smallest absolute Gasteiger partial charge is 0.336 e. The van der Waals surface area contributed by atoms with E-state index in [1.807, 2.05) is 0 Å². The standard InChI is InChI=1S/C11H18O9/c1-4(5(13)2-12)10(17)19-3-6-7(14)8(15)9(16)11(18)20-6/h5-9,11-16,18H,1-3H2/t5-,6-,7-,8+,9-,11?/m1/s1. The topological polar surface area (TPSA) is 157 Å². The summed E-state index contributed by atoms with van der Waals surface area (Å²) in [5.41, 5.74) is -0.390. The summed E-state index contributed by atoms with van der Waals surface area (Å²) >= 11 is 0. The van der Waals surface area contributed by atoms with E-state index in [4.69, 9.17) is 14.9 Å². The third kappa shape index (κ3) is 3.73. The molecule has 1 fully saturated rings. The molecule has 0 saturated carbocycles. The molecule has 20 heavy (non-hydrogen) atoms. The second-order valence-corrected chi connectivity index (χ2v) is 4.36. The number of carbonyl (C=O) groups is 1. The zero-order chi connectivity index (χ0) is 15.4. The summed E-state index contributed by atoms with van der Waals surface area (Å²) in [4.78, 5) is 11.4. The summed E-state index contributed by atoms with van der Waals surface area (Å²) in [7, 11) is 0. The monoisotopic (exact) mass is 294 g/mol. The van der Waals surface area contributed by atoms with Gasteiger partial charge in [0.15, 0.2) is 6.29 Å². The van der Waals surface area contributed by atoms with Crippen LogP contribution in [0.5, 0.6) is 0 Å². The molecule has 1 heterocycles. The van der Waals surface area contributed by atoms with Gasteiger partial charge in [-0.3, -0.25) is 0 Å². The lowest BCUT2D eigenvalue weighted by atomic mass is 9.99. The average molecular weight is 294 g/mol. The van der Waals surface area contributed by atoms with E-state index in [2.05, 4.69) is 11.3 Å². The van der Waals surface area contributed by atoms with Gasteiger partial charge in [-0.2, -0.15) is 0 Å². The molecule has 0 amide bonds. The fourth-order valence-electron chi connectivity index (χ4n) is 1.57. The van der Waals surface area contributed by atoms with Gasteiger partial charge in [-0.15, -0.1) is 0 Å². The largest absolute Gasteiger partial charge is 0.459 e. The minimum Gasteiger partial charge on any atom is -0.459 e. The summed E-state index contributed by atoms with van der Waals surface area (Å²) < 4.78 is 9.45. The molecule has 1 unspecified atom stereocenters. The van der Waals surface area contributed by atoms with Crippen molar-refractivity contribution in [3.05, 3.63) is 12.2 Å². The van der Waals surface area contributed by atoms with Crippen LogP contribution in [0.3, 0.4) is 0 Å². The maximum Gasteiger partial charge on any atom is 0.336 e. The third-order valence-electron chi connectivity index (χ3n) is 2.90. The molecule has 0 aromatic heterocycles. The molecule has 0 bridgehead atoms. The maximum absolute atomic E-state index is 11.4. The van der Waals surface area contributed by atoms with E-state index in [0.29, 0.717) is 0 Å². The van der Waals surface area contributed by atoms with E-state index in [1.165, 1.54) is 0 Å². The lowest BCUT2D eigenvalue weighted by Crippen LogP contribution is -2.58. The molecule has 9 nitrogen and oxygen atoms in total. The number of aliphatic hydroxyl groups excluding tert-OH is 6. The molecule has 6 N–H and O–H groups in total. The Morgan fingerprint density at radius 1 is 1.20 bits per heavy atom. The number of ether oxygens (including phenoxy) is 2.